The van der Waals surface area contributed by atoms with Gasteiger partial charge < -0.3 is 9.84 Å². The molecule has 4 rings (SSSR count). The largest absolute Gasteiger partial charge is 0.478 e. The van der Waals surface area contributed by atoms with Gasteiger partial charge in [-0.25, -0.2) is 9.78 Å². The summed E-state index contributed by atoms with van der Waals surface area (Å²) in [6.07, 6.45) is 3.05. The molecule has 0 bridgehead atoms. The number of rotatable bonds is 4. The van der Waals surface area contributed by atoms with Crippen LogP contribution in [-0.4, -0.2) is 22.7 Å². The molecule has 0 spiro atoms. The van der Waals surface area contributed by atoms with Crippen LogP contribution in [0.1, 0.15) is 54.4 Å². The maximum Gasteiger partial charge on any atom is 0.387 e. The maximum atomic E-state index is 12.9. The number of nitrogens with zero attached hydrogens (tertiary/aromatic N) is 1. The zero-order valence-corrected chi connectivity index (χ0v) is 18.2. The molecule has 1 aliphatic rings. The van der Waals surface area contributed by atoms with E-state index >= 15 is 0 Å². The average Bonchev–Trinajstić information content (AvgIpc) is 2.72. The fraction of sp³-hybridized carbons (Fsp3) is 0.308. The number of benzene rings is 2. The Morgan fingerprint density at radius 2 is 1.81 bits per heavy atom. The van der Waals surface area contributed by atoms with E-state index in [4.69, 9.17) is 9.72 Å². The van der Waals surface area contributed by atoms with E-state index in [1.54, 1.807) is 30.3 Å². The van der Waals surface area contributed by atoms with Crippen LogP contribution in [0.25, 0.3) is 22.6 Å². The molecule has 1 aliphatic carbocycles. The maximum absolute atomic E-state index is 12.9. The molecule has 2 aromatic carbocycles. The number of hydrogen-bond acceptors (Lipinski definition) is 3. The Bertz CT molecular complexity index is 1210. The summed E-state index contributed by atoms with van der Waals surface area (Å²) < 4.78 is 30.6. The number of ether oxygens (including phenoxy) is 1. The number of carboxylic acids is 1. The number of alkyl halides is 2. The van der Waals surface area contributed by atoms with Crippen LogP contribution < -0.4 is 4.74 Å². The number of carbonyl (C=O) groups is 1. The standard InChI is InChI=1S/C26H25F2NO3/c1-26(2,3)17-13-16(12-15-8-4-7-11-21(15)32-25(27)28)23-19(14-17)22(24(30)31)18-9-5-6-10-20(18)29-23/h4-12,17,25H,13-14H2,1-3H3,(H,30,31). The quantitative estimate of drug-likeness (QED) is 0.494. The van der Waals surface area contributed by atoms with Gasteiger partial charge in [0, 0.05) is 10.9 Å². The lowest BCUT2D eigenvalue weighted by atomic mass is 9.69. The molecule has 0 amide bonds. The minimum Gasteiger partial charge on any atom is -0.478 e. The first-order valence-electron chi connectivity index (χ1n) is 10.5. The number of aromatic carboxylic acids is 1. The molecule has 1 atom stereocenters. The zero-order valence-electron chi connectivity index (χ0n) is 18.2. The molecule has 0 aliphatic heterocycles. The lowest BCUT2D eigenvalue weighted by molar-refractivity contribution is -0.0499. The highest BCUT2D eigenvalue weighted by Gasteiger charge is 2.35. The Hall–Kier alpha value is -3.28. The van der Waals surface area contributed by atoms with Gasteiger partial charge in [-0.3, -0.25) is 0 Å². The van der Waals surface area contributed by atoms with Gasteiger partial charge in [-0.2, -0.15) is 8.78 Å². The molecule has 1 N–H and O–H groups in total. The monoisotopic (exact) mass is 437 g/mol. The molecule has 1 heterocycles. The second-order valence-electron chi connectivity index (χ2n) is 9.19. The molecule has 3 aromatic rings. The van der Waals surface area contributed by atoms with Crippen molar-refractivity contribution in [2.24, 2.45) is 11.3 Å². The van der Waals surface area contributed by atoms with E-state index < -0.39 is 12.6 Å². The number of carboxylic acid groups (broad SMARTS) is 1. The molecule has 32 heavy (non-hydrogen) atoms. The van der Waals surface area contributed by atoms with Gasteiger partial charge in [0.25, 0.3) is 0 Å². The van der Waals surface area contributed by atoms with Crippen LogP contribution in [-0.2, 0) is 6.42 Å². The van der Waals surface area contributed by atoms with Gasteiger partial charge in [-0.1, -0.05) is 57.2 Å². The van der Waals surface area contributed by atoms with Gasteiger partial charge in [-0.15, -0.1) is 0 Å². The first kappa shape index (κ1) is 21.9. The Labute approximate surface area is 185 Å². The predicted octanol–water partition coefficient (Wildman–Crippen LogP) is 6.68. The van der Waals surface area contributed by atoms with Crippen LogP contribution >= 0.6 is 0 Å². The summed E-state index contributed by atoms with van der Waals surface area (Å²) >= 11 is 0. The second-order valence-corrected chi connectivity index (χ2v) is 9.19. The molecule has 0 saturated carbocycles. The number of aromatic nitrogens is 1. The molecule has 4 nitrogen and oxygen atoms in total. The van der Waals surface area contributed by atoms with E-state index in [1.807, 2.05) is 18.2 Å². The van der Waals surface area contributed by atoms with Crippen molar-refractivity contribution < 1.29 is 23.4 Å². The number of hydrogen-bond donors (Lipinski definition) is 1. The first-order chi connectivity index (χ1) is 15.1. The number of halogens is 2. The lowest BCUT2D eigenvalue weighted by Gasteiger charge is -2.36. The SMILES string of the molecule is CC(C)(C)C1CC(=Cc2ccccc2OC(F)F)c2nc3ccccc3c(C(=O)O)c2C1. The highest BCUT2D eigenvalue weighted by atomic mass is 19.3. The number of fused-ring (bicyclic) bond motifs is 2. The van der Waals surface area contributed by atoms with E-state index in [0.29, 0.717) is 40.6 Å². The van der Waals surface area contributed by atoms with Gasteiger partial charge in [-0.05, 0) is 53.5 Å². The van der Waals surface area contributed by atoms with E-state index in [0.717, 1.165) is 5.57 Å². The van der Waals surface area contributed by atoms with Crippen molar-refractivity contribution in [3.05, 3.63) is 70.9 Å². The molecule has 166 valence electrons. The van der Waals surface area contributed by atoms with Crippen molar-refractivity contribution in [2.75, 3.05) is 0 Å². The molecular weight excluding hydrogens is 412 g/mol. The van der Waals surface area contributed by atoms with Crippen molar-refractivity contribution in [1.82, 2.24) is 4.98 Å². The highest BCUT2D eigenvalue weighted by Crippen LogP contribution is 2.45. The smallest absolute Gasteiger partial charge is 0.387 e. The Morgan fingerprint density at radius 3 is 2.50 bits per heavy atom. The lowest BCUT2D eigenvalue weighted by Crippen LogP contribution is -2.28. The van der Waals surface area contributed by atoms with Crippen LogP contribution in [0.2, 0.25) is 0 Å². The fourth-order valence-corrected chi connectivity index (χ4v) is 4.37. The van der Waals surface area contributed by atoms with Gasteiger partial charge in [0.1, 0.15) is 5.75 Å². The van der Waals surface area contributed by atoms with Crippen LogP contribution in [0.5, 0.6) is 5.75 Å². The number of allylic oxidation sites excluding steroid dienone is 1. The van der Waals surface area contributed by atoms with Crippen LogP contribution in [0.4, 0.5) is 8.78 Å². The number of pyridine rings is 1. The van der Waals surface area contributed by atoms with Gasteiger partial charge in [0.15, 0.2) is 0 Å². The Kier molecular flexibility index (Phi) is 5.71. The molecule has 0 radical (unpaired) electrons. The molecular formula is C26H25F2NO3. The van der Waals surface area contributed by atoms with E-state index in [1.165, 1.54) is 6.07 Å². The fourth-order valence-electron chi connectivity index (χ4n) is 4.37. The summed E-state index contributed by atoms with van der Waals surface area (Å²) in [7, 11) is 0. The van der Waals surface area contributed by atoms with Crippen LogP contribution in [0.15, 0.2) is 48.5 Å². The van der Waals surface area contributed by atoms with Gasteiger partial charge in [0.2, 0.25) is 0 Å². The average molecular weight is 437 g/mol. The summed E-state index contributed by atoms with van der Waals surface area (Å²) in [4.78, 5) is 17.2. The molecule has 0 saturated heterocycles. The third-order valence-corrected chi connectivity index (χ3v) is 6.12. The Balaban J connectivity index is 1.98. The zero-order chi connectivity index (χ0) is 23.0. The number of para-hydroxylation sites is 2. The van der Waals surface area contributed by atoms with Crippen molar-refractivity contribution in [1.29, 1.82) is 0 Å². The summed E-state index contributed by atoms with van der Waals surface area (Å²) in [6.45, 7) is 3.45. The van der Waals surface area contributed by atoms with Crippen LogP contribution in [0, 0.1) is 11.3 Å². The summed E-state index contributed by atoms with van der Waals surface area (Å²) in [5.41, 5.74) is 3.43. The van der Waals surface area contributed by atoms with Crippen molar-refractivity contribution in [2.45, 2.75) is 40.2 Å². The van der Waals surface area contributed by atoms with Gasteiger partial charge in [0.05, 0.1) is 16.8 Å². The van der Waals surface area contributed by atoms with Crippen LogP contribution in [0.3, 0.4) is 0 Å². The molecule has 6 heteroatoms. The normalized spacial score (nSPS) is 17.6. The molecule has 1 aromatic heterocycles. The second kappa shape index (κ2) is 8.34. The van der Waals surface area contributed by atoms with Crippen molar-refractivity contribution >= 4 is 28.5 Å². The Morgan fingerprint density at radius 1 is 1.12 bits per heavy atom. The topological polar surface area (TPSA) is 59.4 Å². The summed E-state index contributed by atoms with van der Waals surface area (Å²) in [5, 5.41) is 10.7. The predicted molar refractivity (Wildman–Crippen MR) is 121 cm³/mol. The van der Waals surface area contributed by atoms with Crippen molar-refractivity contribution in [3.63, 3.8) is 0 Å². The van der Waals surface area contributed by atoms with Gasteiger partial charge >= 0.3 is 12.6 Å². The third kappa shape index (κ3) is 4.22. The first-order valence-corrected chi connectivity index (χ1v) is 10.5. The minimum atomic E-state index is -2.93. The third-order valence-electron chi connectivity index (χ3n) is 6.12. The van der Waals surface area contributed by atoms with Crippen molar-refractivity contribution in [3.8, 4) is 5.75 Å². The summed E-state index contributed by atoms with van der Waals surface area (Å²) in [6, 6.07) is 13.8. The van der Waals surface area contributed by atoms with E-state index in [-0.39, 0.29) is 22.6 Å². The molecule has 1 unspecified atom stereocenters. The molecule has 0 fully saturated rings. The minimum absolute atomic E-state index is 0.0775. The summed E-state index contributed by atoms with van der Waals surface area (Å²) in [5.74, 6) is -0.755. The van der Waals surface area contributed by atoms with E-state index in [2.05, 4.69) is 20.8 Å². The van der Waals surface area contributed by atoms with E-state index in [9.17, 15) is 18.7 Å². The highest BCUT2D eigenvalue weighted by molar-refractivity contribution is 6.06.